The normalized spacial score (nSPS) is 15.2. The van der Waals surface area contributed by atoms with Crippen molar-refractivity contribution in [3.05, 3.63) is 66.1 Å². The largest absolute Gasteiger partial charge is 0.489 e. The maximum absolute atomic E-state index is 12.9. The zero-order valence-electron chi connectivity index (χ0n) is 23.3. The predicted octanol–water partition coefficient (Wildman–Crippen LogP) is 4.40. The predicted molar refractivity (Wildman–Crippen MR) is 150 cm³/mol. The highest BCUT2D eigenvalue weighted by atomic mass is 16.5. The molecule has 1 fully saturated rings. The number of carbonyl (C=O) groups is 1. The van der Waals surface area contributed by atoms with E-state index < -0.39 is 5.60 Å². The smallest absolute Gasteiger partial charge is 0.183 e. The van der Waals surface area contributed by atoms with E-state index in [4.69, 9.17) is 9.72 Å². The van der Waals surface area contributed by atoms with Gasteiger partial charge in [-0.2, -0.15) is 10.4 Å². The van der Waals surface area contributed by atoms with Crippen molar-refractivity contribution in [1.29, 1.82) is 5.26 Å². The maximum atomic E-state index is 12.9. The number of hydrogen-bond acceptors (Lipinski definition) is 9. The summed E-state index contributed by atoms with van der Waals surface area (Å²) in [6, 6.07) is 8.03. The summed E-state index contributed by atoms with van der Waals surface area (Å²) < 4.78 is 7.45. The number of aryl methyl sites for hydroxylation is 1. The van der Waals surface area contributed by atoms with Crippen molar-refractivity contribution in [2.45, 2.75) is 52.6 Å². The Morgan fingerprint density at radius 1 is 1.18 bits per heavy atom. The first-order chi connectivity index (χ1) is 19.0. The first-order valence-corrected chi connectivity index (χ1v) is 13.3. The summed E-state index contributed by atoms with van der Waals surface area (Å²) in [6.07, 6.45) is 10.4. The zero-order chi connectivity index (χ0) is 28.5. The monoisotopic (exact) mass is 539 g/mol. The van der Waals surface area contributed by atoms with Crippen molar-refractivity contribution >= 4 is 17.1 Å². The molecule has 0 radical (unpaired) electrons. The summed E-state index contributed by atoms with van der Waals surface area (Å²) in [5, 5.41) is 24.1. The summed E-state index contributed by atoms with van der Waals surface area (Å²) in [7, 11) is 0. The van der Waals surface area contributed by atoms with E-state index in [-0.39, 0.29) is 17.8 Å². The quantitative estimate of drug-likeness (QED) is 0.324. The minimum atomic E-state index is -0.993. The van der Waals surface area contributed by atoms with Crippen LogP contribution in [-0.4, -0.2) is 60.8 Å². The molecule has 0 bridgehead atoms. The van der Waals surface area contributed by atoms with Crippen LogP contribution in [0.15, 0.2) is 49.2 Å². The maximum Gasteiger partial charge on any atom is 0.183 e. The van der Waals surface area contributed by atoms with Gasteiger partial charge in [0, 0.05) is 49.2 Å². The Labute approximate surface area is 233 Å². The number of anilines is 1. The number of fused-ring (bicyclic) bond motifs is 1. The Hall–Kier alpha value is -4.36. The van der Waals surface area contributed by atoms with Gasteiger partial charge in [0.05, 0.1) is 34.8 Å². The highest BCUT2D eigenvalue weighted by molar-refractivity contribution is 5.95. The molecule has 10 heteroatoms. The topological polar surface area (TPSA) is 130 Å². The molecule has 10 nitrogen and oxygen atoms in total. The first kappa shape index (κ1) is 27.2. The lowest BCUT2D eigenvalue weighted by atomic mass is 9.76. The van der Waals surface area contributed by atoms with Crippen LogP contribution < -0.4 is 9.64 Å². The van der Waals surface area contributed by atoms with E-state index in [1.54, 1.807) is 43.2 Å². The average molecular weight is 540 g/mol. The van der Waals surface area contributed by atoms with Gasteiger partial charge in [-0.1, -0.05) is 6.92 Å². The van der Waals surface area contributed by atoms with Crippen LogP contribution in [0, 0.1) is 23.7 Å². The summed E-state index contributed by atoms with van der Waals surface area (Å²) in [4.78, 5) is 28.4. The van der Waals surface area contributed by atoms with Crippen molar-refractivity contribution in [2.75, 3.05) is 24.6 Å². The molecule has 206 valence electrons. The Kier molecular flexibility index (Phi) is 7.25. The minimum Gasteiger partial charge on any atom is -0.489 e. The average Bonchev–Trinajstić information content (AvgIpc) is 3.35. The molecule has 4 aromatic rings. The van der Waals surface area contributed by atoms with Gasteiger partial charge in [-0.25, -0.2) is 14.5 Å². The highest BCUT2D eigenvalue weighted by Crippen LogP contribution is 2.37. The number of piperidine rings is 1. The van der Waals surface area contributed by atoms with E-state index in [2.05, 4.69) is 33.0 Å². The second kappa shape index (κ2) is 10.7. The zero-order valence-corrected chi connectivity index (χ0v) is 23.3. The van der Waals surface area contributed by atoms with E-state index in [1.807, 2.05) is 25.1 Å². The SMILES string of the molecule is Cc1nccnc1C(=O)CC1(C)CCN(c2ccc(-c3cc(OCC(C)(C)O)cn4ncc(C#N)c34)cn2)CC1. The standard InChI is InChI=1S/C30H33N7O3/c1-20-27(33-10-9-32-20)25(38)14-30(4)7-11-36(12-8-30)26-6-5-21(16-34-26)24-13-23(40-19-29(2,3)39)18-37-28(24)22(15-31)17-35-37/h5-6,9-10,13,16-18,39H,7-8,11-12,14,19H2,1-4H3. The molecule has 40 heavy (non-hydrogen) atoms. The molecule has 0 aliphatic carbocycles. The van der Waals surface area contributed by atoms with E-state index in [0.29, 0.717) is 34.6 Å². The van der Waals surface area contributed by atoms with Gasteiger partial charge in [-0.3, -0.25) is 9.78 Å². The fourth-order valence-electron chi connectivity index (χ4n) is 5.08. The lowest BCUT2D eigenvalue weighted by molar-refractivity contribution is 0.0283. The van der Waals surface area contributed by atoms with Crippen LogP contribution in [0.5, 0.6) is 5.75 Å². The van der Waals surface area contributed by atoms with E-state index >= 15 is 0 Å². The Bertz CT molecular complexity index is 1570. The first-order valence-electron chi connectivity index (χ1n) is 13.3. The Morgan fingerprint density at radius 2 is 1.93 bits per heavy atom. The summed E-state index contributed by atoms with van der Waals surface area (Å²) >= 11 is 0. The number of nitrogens with zero attached hydrogens (tertiary/aromatic N) is 7. The van der Waals surface area contributed by atoms with Crippen molar-refractivity contribution in [2.24, 2.45) is 5.41 Å². The third kappa shape index (κ3) is 5.80. The van der Waals surface area contributed by atoms with E-state index in [0.717, 1.165) is 42.9 Å². The van der Waals surface area contributed by atoms with Crippen LogP contribution in [0.1, 0.15) is 61.8 Å². The van der Waals surface area contributed by atoms with Crippen LogP contribution in [0.4, 0.5) is 5.82 Å². The molecule has 0 unspecified atom stereocenters. The van der Waals surface area contributed by atoms with Crippen molar-refractivity contribution < 1.29 is 14.6 Å². The number of aliphatic hydroxyl groups is 1. The summed E-state index contributed by atoms with van der Waals surface area (Å²) in [5.41, 5.74) is 2.75. The van der Waals surface area contributed by atoms with Crippen LogP contribution in [0.2, 0.25) is 0 Å². The minimum absolute atomic E-state index is 0.0423. The molecule has 0 spiro atoms. The van der Waals surface area contributed by atoms with Gasteiger partial charge in [-0.15, -0.1) is 0 Å². The number of carbonyl (C=O) groups excluding carboxylic acids is 1. The lowest BCUT2D eigenvalue weighted by Crippen LogP contribution is -2.40. The number of pyridine rings is 2. The number of nitriles is 1. The third-order valence-corrected chi connectivity index (χ3v) is 7.39. The molecule has 0 aromatic carbocycles. The molecule has 0 atom stereocenters. The lowest BCUT2D eigenvalue weighted by Gasteiger charge is -2.39. The number of ketones is 1. The second-order valence-electron chi connectivity index (χ2n) is 11.4. The number of rotatable bonds is 8. The van der Waals surface area contributed by atoms with Gasteiger partial charge in [0.2, 0.25) is 0 Å². The van der Waals surface area contributed by atoms with Gasteiger partial charge >= 0.3 is 0 Å². The second-order valence-corrected chi connectivity index (χ2v) is 11.4. The summed E-state index contributed by atoms with van der Waals surface area (Å²) in [6.45, 7) is 9.04. The molecule has 1 saturated heterocycles. The molecule has 1 aliphatic heterocycles. The molecule has 5 heterocycles. The summed E-state index contributed by atoms with van der Waals surface area (Å²) in [5.74, 6) is 1.44. The van der Waals surface area contributed by atoms with Gasteiger partial charge in [0.15, 0.2) is 5.78 Å². The fourth-order valence-corrected chi connectivity index (χ4v) is 5.08. The van der Waals surface area contributed by atoms with E-state index in [9.17, 15) is 15.2 Å². The molecule has 5 rings (SSSR count). The van der Waals surface area contributed by atoms with Crippen LogP contribution >= 0.6 is 0 Å². The van der Waals surface area contributed by atoms with Crippen LogP contribution in [-0.2, 0) is 0 Å². The number of ether oxygens (including phenoxy) is 1. The van der Waals surface area contributed by atoms with Gasteiger partial charge in [0.1, 0.15) is 29.9 Å². The molecule has 0 amide bonds. The van der Waals surface area contributed by atoms with E-state index in [1.165, 1.54) is 6.20 Å². The molecular weight excluding hydrogens is 506 g/mol. The highest BCUT2D eigenvalue weighted by Gasteiger charge is 2.33. The van der Waals surface area contributed by atoms with Gasteiger partial charge in [-0.05, 0) is 57.2 Å². The molecule has 0 saturated carbocycles. The molecule has 1 N–H and O–H groups in total. The van der Waals surface area contributed by atoms with Crippen LogP contribution in [0.3, 0.4) is 0 Å². The molecular formula is C30H33N7O3. The number of Topliss-reactive ketones (excluding diaryl/α,β-unsaturated/α-hetero) is 1. The van der Waals surface area contributed by atoms with Gasteiger partial charge < -0.3 is 14.7 Å². The third-order valence-electron chi connectivity index (χ3n) is 7.39. The Balaban J connectivity index is 1.32. The molecule has 1 aliphatic rings. The number of aromatic nitrogens is 5. The van der Waals surface area contributed by atoms with Crippen LogP contribution in [0.25, 0.3) is 16.6 Å². The van der Waals surface area contributed by atoms with Crippen molar-refractivity contribution in [3.8, 4) is 22.9 Å². The Morgan fingerprint density at radius 3 is 2.58 bits per heavy atom. The fraction of sp³-hybridized carbons (Fsp3) is 0.400. The van der Waals surface area contributed by atoms with Gasteiger partial charge in [0.25, 0.3) is 0 Å². The van der Waals surface area contributed by atoms with Crippen molar-refractivity contribution in [3.63, 3.8) is 0 Å². The van der Waals surface area contributed by atoms with Crippen molar-refractivity contribution in [1.82, 2.24) is 24.6 Å². The molecule has 4 aromatic heterocycles. The number of hydrogen-bond donors (Lipinski definition) is 1.